The minimum absolute atomic E-state index is 0.0847. The van der Waals surface area contributed by atoms with Gasteiger partial charge in [-0.15, -0.1) is 10.2 Å². The molecule has 1 atom stereocenters. The molecule has 1 fully saturated rings. The Morgan fingerprint density at radius 1 is 1.41 bits per heavy atom. The largest absolute Gasteiger partial charge is 0.475 e. The zero-order valence-electron chi connectivity index (χ0n) is 10.2. The Kier molecular flexibility index (Phi) is 4.28. The van der Waals surface area contributed by atoms with E-state index in [2.05, 4.69) is 22.1 Å². The topological polar surface area (TPSA) is 58.5 Å². The summed E-state index contributed by atoms with van der Waals surface area (Å²) < 4.78 is 5.62. The van der Waals surface area contributed by atoms with Gasteiger partial charge in [-0.1, -0.05) is 6.42 Å². The van der Waals surface area contributed by atoms with Crippen LogP contribution in [0.3, 0.4) is 0 Å². The van der Waals surface area contributed by atoms with Gasteiger partial charge in [0.05, 0.1) is 12.3 Å². The number of hydrogen-bond acceptors (Lipinski definition) is 5. The molecule has 0 bridgehead atoms. The molecule has 0 amide bonds. The van der Waals surface area contributed by atoms with Gasteiger partial charge in [0.1, 0.15) is 6.61 Å². The molecule has 1 unspecified atom stereocenters. The monoisotopic (exact) mass is 237 g/mol. The number of aliphatic hydroxyl groups excluding tert-OH is 1. The molecule has 1 saturated heterocycles. The highest BCUT2D eigenvalue weighted by Gasteiger charge is 2.19. The highest BCUT2D eigenvalue weighted by Crippen LogP contribution is 2.16. The summed E-state index contributed by atoms with van der Waals surface area (Å²) in [6, 6.07) is 3.96. The Morgan fingerprint density at radius 3 is 2.94 bits per heavy atom. The number of ether oxygens (including phenoxy) is 1. The number of nitrogens with zero attached hydrogens (tertiary/aromatic N) is 3. The highest BCUT2D eigenvalue weighted by atomic mass is 16.5. The SMILES string of the molecule is CN1CCCCC1COc1ccc(CO)nn1. The average molecular weight is 237 g/mol. The number of piperidine rings is 1. The first kappa shape index (κ1) is 12.3. The second-order valence-corrected chi connectivity index (χ2v) is 4.46. The van der Waals surface area contributed by atoms with E-state index in [1.54, 1.807) is 12.1 Å². The molecule has 0 spiro atoms. The zero-order valence-corrected chi connectivity index (χ0v) is 10.2. The maximum absolute atomic E-state index is 8.85. The van der Waals surface area contributed by atoms with Crippen molar-refractivity contribution in [1.82, 2.24) is 15.1 Å². The lowest BCUT2D eigenvalue weighted by Crippen LogP contribution is -2.40. The van der Waals surface area contributed by atoms with Gasteiger partial charge in [-0.25, -0.2) is 0 Å². The molecule has 0 aromatic carbocycles. The van der Waals surface area contributed by atoms with Gasteiger partial charge in [0, 0.05) is 12.1 Å². The molecule has 2 heterocycles. The van der Waals surface area contributed by atoms with Crippen LogP contribution in [0.2, 0.25) is 0 Å². The molecule has 94 valence electrons. The Morgan fingerprint density at radius 2 is 2.29 bits per heavy atom. The van der Waals surface area contributed by atoms with Crippen molar-refractivity contribution in [3.63, 3.8) is 0 Å². The molecule has 1 aliphatic rings. The third-order valence-electron chi connectivity index (χ3n) is 3.20. The number of aromatic nitrogens is 2. The van der Waals surface area contributed by atoms with Gasteiger partial charge in [0.2, 0.25) is 5.88 Å². The van der Waals surface area contributed by atoms with Gasteiger partial charge in [-0.3, -0.25) is 0 Å². The molecule has 0 radical (unpaired) electrons. The van der Waals surface area contributed by atoms with Crippen molar-refractivity contribution >= 4 is 0 Å². The fourth-order valence-electron chi connectivity index (χ4n) is 2.05. The van der Waals surface area contributed by atoms with E-state index in [9.17, 15) is 0 Å². The summed E-state index contributed by atoms with van der Waals surface area (Å²) in [4.78, 5) is 2.33. The van der Waals surface area contributed by atoms with Crippen LogP contribution in [0, 0.1) is 0 Å². The molecule has 1 aliphatic heterocycles. The zero-order chi connectivity index (χ0) is 12.1. The number of hydrogen-bond donors (Lipinski definition) is 1. The number of aliphatic hydroxyl groups is 1. The molecule has 0 saturated carbocycles. The summed E-state index contributed by atoms with van der Waals surface area (Å²) in [6.45, 7) is 1.71. The summed E-state index contributed by atoms with van der Waals surface area (Å²) in [6.07, 6.45) is 3.73. The van der Waals surface area contributed by atoms with Crippen LogP contribution in [0.15, 0.2) is 12.1 Å². The summed E-state index contributed by atoms with van der Waals surface area (Å²) in [7, 11) is 2.13. The lowest BCUT2D eigenvalue weighted by molar-refractivity contribution is 0.122. The van der Waals surface area contributed by atoms with Gasteiger partial charge in [-0.05, 0) is 32.5 Å². The first-order valence-electron chi connectivity index (χ1n) is 6.06. The van der Waals surface area contributed by atoms with E-state index in [4.69, 9.17) is 9.84 Å². The fraction of sp³-hybridized carbons (Fsp3) is 0.667. The summed E-state index contributed by atoms with van der Waals surface area (Å²) in [5.74, 6) is 0.529. The predicted octanol–water partition coefficient (Wildman–Crippen LogP) is 0.832. The van der Waals surface area contributed by atoms with Crippen molar-refractivity contribution in [2.24, 2.45) is 0 Å². The van der Waals surface area contributed by atoms with E-state index in [1.165, 1.54) is 19.3 Å². The van der Waals surface area contributed by atoms with Crippen molar-refractivity contribution in [3.05, 3.63) is 17.8 Å². The van der Waals surface area contributed by atoms with Gasteiger partial charge in [0.15, 0.2) is 0 Å². The van der Waals surface area contributed by atoms with Gasteiger partial charge in [0.25, 0.3) is 0 Å². The molecule has 5 nitrogen and oxygen atoms in total. The van der Waals surface area contributed by atoms with E-state index in [-0.39, 0.29) is 6.61 Å². The first-order chi connectivity index (χ1) is 8.29. The van der Waals surface area contributed by atoms with Gasteiger partial charge < -0.3 is 14.7 Å². The summed E-state index contributed by atoms with van der Waals surface area (Å²) in [5, 5.41) is 16.6. The Balaban J connectivity index is 1.84. The lowest BCUT2D eigenvalue weighted by Gasteiger charge is -2.31. The number of rotatable bonds is 4. The van der Waals surface area contributed by atoms with Crippen LogP contribution in [0.5, 0.6) is 5.88 Å². The average Bonchev–Trinajstić information content (AvgIpc) is 2.38. The van der Waals surface area contributed by atoms with Crippen LogP contribution in [0.4, 0.5) is 0 Å². The maximum atomic E-state index is 8.85. The number of likely N-dealkylation sites (tertiary alicyclic amines) is 1. The van der Waals surface area contributed by atoms with E-state index < -0.39 is 0 Å². The summed E-state index contributed by atoms with van der Waals surface area (Å²) in [5.41, 5.74) is 0.562. The third-order valence-corrected chi connectivity index (χ3v) is 3.20. The molecule has 1 N–H and O–H groups in total. The molecule has 17 heavy (non-hydrogen) atoms. The van der Waals surface area contributed by atoms with Crippen molar-refractivity contribution in [1.29, 1.82) is 0 Å². The Labute approximate surface area is 101 Å². The van der Waals surface area contributed by atoms with Crippen molar-refractivity contribution in [3.8, 4) is 5.88 Å². The first-order valence-corrected chi connectivity index (χ1v) is 6.06. The molecular formula is C12H19N3O2. The van der Waals surface area contributed by atoms with Crippen LogP contribution >= 0.6 is 0 Å². The second-order valence-electron chi connectivity index (χ2n) is 4.46. The molecule has 0 aliphatic carbocycles. The van der Waals surface area contributed by atoms with E-state index in [1.807, 2.05) is 0 Å². The van der Waals surface area contributed by atoms with E-state index >= 15 is 0 Å². The van der Waals surface area contributed by atoms with Crippen LogP contribution in [0.25, 0.3) is 0 Å². The van der Waals surface area contributed by atoms with Crippen LogP contribution in [0.1, 0.15) is 25.0 Å². The molecular weight excluding hydrogens is 218 g/mol. The third kappa shape index (κ3) is 3.38. The van der Waals surface area contributed by atoms with E-state index in [0.29, 0.717) is 24.2 Å². The standard InChI is InChI=1S/C12H19N3O2/c1-15-7-3-2-4-11(15)9-17-12-6-5-10(8-16)13-14-12/h5-6,11,16H,2-4,7-9H2,1H3. The quantitative estimate of drug-likeness (QED) is 0.840. The van der Waals surface area contributed by atoms with Crippen molar-refractivity contribution in [2.75, 3.05) is 20.2 Å². The van der Waals surface area contributed by atoms with Gasteiger partial charge in [-0.2, -0.15) is 0 Å². The Bertz CT molecular complexity index is 342. The molecule has 5 heteroatoms. The highest BCUT2D eigenvalue weighted by molar-refractivity contribution is 5.10. The van der Waals surface area contributed by atoms with Crippen LogP contribution in [-0.2, 0) is 6.61 Å². The lowest BCUT2D eigenvalue weighted by atomic mass is 10.0. The molecule has 2 rings (SSSR count). The second kappa shape index (κ2) is 5.93. The molecule has 1 aromatic rings. The normalized spacial score (nSPS) is 21.4. The van der Waals surface area contributed by atoms with Crippen LogP contribution < -0.4 is 4.74 Å². The maximum Gasteiger partial charge on any atom is 0.233 e. The van der Waals surface area contributed by atoms with E-state index in [0.717, 1.165) is 6.54 Å². The molecule has 1 aromatic heterocycles. The fourth-order valence-corrected chi connectivity index (χ4v) is 2.05. The van der Waals surface area contributed by atoms with Crippen molar-refractivity contribution in [2.45, 2.75) is 31.9 Å². The van der Waals surface area contributed by atoms with Crippen LogP contribution in [-0.4, -0.2) is 46.4 Å². The minimum atomic E-state index is -0.0847. The minimum Gasteiger partial charge on any atom is -0.475 e. The number of likely N-dealkylation sites (N-methyl/N-ethyl adjacent to an activating group) is 1. The van der Waals surface area contributed by atoms with Gasteiger partial charge >= 0.3 is 0 Å². The van der Waals surface area contributed by atoms with Crippen molar-refractivity contribution < 1.29 is 9.84 Å². The smallest absolute Gasteiger partial charge is 0.233 e. The predicted molar refractivity (Wildman–Crippen MR) is 63.7 cm³/mol. The summed E-state index contributed by atoms with van der Waals surface area (Å²) >= 11 is 0. The Hall–Kier alpha value is -1.20.